The Morgan fingerprint density at radius 2 is 1.66 bits per heavy atom. The van der Waals surface area contributed by atoms with E-state index in [-0.39, 0.29) is 45.9 Å². The molecular formula is C23H29Cl2N3O3S. The van der Waals surface area contributed by atoms with E-state index in [2.05, 4.69) is 22.3 Å². The Bertz CT molecular complexity index is 1000. The van der Waals surface area contributed by atoms with Gasteiger partial charge in [-0.05, 0) is 51.1 Å². The maximum absolute atomic E-state index is 13.0. The van der Waals surface area contributed by atoms with Gasteiger partial charge in [-0.1, -0.05) is 59.6 Å². The number of likely N-dealkylation sites (N-methyl/N-ethyl adjacent to an activating group) is 1. The molecule has 1 saturated heterocycles. The van der Waals surface area contributed by atoms with Gasteiger partial charge >= 0.3 is 0 Å². The molecule has 6 nitrogen and oxygen atoms in total. The van der Waals surface area contributed by atoms with E-state index in [0.717, 1.165) is 6.42 Å². The van der Waals surface area contributed by atoms with Crippen molar-refractivity contribution in [1.29, 1.82) is 0 Å². The molecule has 1 heterocycles. The van der Waals surface area contributed by atoms with E-state index in [1.165, 1.54) is 22.0 Å². The molecular weight excluding hydrogens is 469 g/mol. The second kappa shape index (κ2) is 11.0. The summed E-state index contributed by atoms with van der Waals surface area (Å²) in [5, 5.41) is 3.27. The molecule has 0 saturated carbocycles. The number of benzene rings is 2. The van der Waals surface area contributed by atoms with E-state index in [0.29, 0.717) is 19.4 Å². The maximum Gasteiger partial charge on any atom is 0.246 e. The predicted molar refractivity (Wildman–Crippen MR) is 129 cm³/mol. The maximum atomic E-state index is 13.0. The fourth-order valence-electron chi connectivity index (χ4n) is 3.90. The summed E-state index contributed by atoms with van der Waals surface area (Å²) in [7, 11) is 0.193. The van der Waals surface area contributed by atoms with Crippen molar-refractivity contribution in [3.8, 4) is 0 Å². The van der Waals surface area contributed by atoms with Gasteiger partial charge in [0.25, 0.3) is 0 Å². The number of carbonyl (C=O) groups excluding carboxylic acids is 1. The van der Waals surface area contributed by atoms with Crippen LogP contribution in [0.1, 0.15) is 18.4 Å². The first kappa shape index (κ1) is 25.0. The number of hydrogen-bond donors (Lipinski definition) is 1. The quantitative estimate of drug-likeness (QED) is 0.603. The first-order valence-electron chi connectivity index (χ1n) is 10.6. The number of halogens is 2. The van der Waals surface area contributed by atoms with Gasteiger partial charge < -0.3 is 10.2 Å². The van der Waals surface area contributed by atoms with Crippen LogP contribution in [0, 0.1) is 5.92 Å². The van der Waals surface area contributed by atoms with Gasteiger partial charge in [-0.3, -0.25) is 4.79 Å². The molecule has 0 aromatic heterocycles. The lowest BCUT2D eigenvalue weighted by atomic mass is 9.97. The van der Waals surface area contributed by atoms with Crippen LogP contribution < -0.4 is 5.32 Å². The van der Waals surface area contributed by atoms with Gasteiger partial charge in [-0.15, -0.1) is 0 Å². The summed E-state index contributed by atoms with van der Waals surface area (Å²) in [6.07, 6.45) is 1.75. The van der Waals surface area contributed by atoms with Gasteiger partial charge in [-0.25, -0.2) is 8.42 Å². The topological polar surface area (TPSA) is 69.7 Å². The zero-order chi connectivity index (χ0) is 23.3. The van der Waals surface area contributed by atoms with Crippen LogP contribution in [0.3, 0.4) is 0 Å². The number of nitrogens with one attached hydrogen (secondary N) is 1. The average Bonchev–Trinajstić information content (AvgIpc) is 2.76. The summed E-state index contributed by atoms with van der Waals surface area (Å²) in [6.45, 7) is 1.04. The van der Waals surface area contributed by atoms with Crippen LogP contribution in [0.2, 0.25) is 10.0 Å². The molecule has 2 aromatic rings. The van der Waals surface area contributed by atoms with Gasteiger partial charge in [0, 0.05) is 31.6 Å². The number of nitrogens with zero attached hydrogens (tertiary/aromatic N) is 2. The summed E-state index contributed by atoms with van der Waals surface area (Å²) < 4.78 is 27.4. The van der Waals surface area contributed by atoms with Crippen LogP contribution in [0.5, 0.6) is 0 Å². The van der Waals surface area contributed by atoms with Crippen molar-refractivity contribution >= 4 is 39.1 Å². The second-order valence-corrected chi connectivity index (χ2v) is 11.0. The summed E-state index contributed by atoms with van der Waals surface area (Å²) in [5.74, 6) is -0.250. The minimum atomic E-state index is -3.81. The monoisotopic (exact) mass is 497 g/mol. The Morgan fingerprint density at radius 3 is 2.22 bits per heavy atom. The van der Waals surface area contributed by atoms with Crippen LogP contribution in [0.25, 0.3) is 0 Å². The molecule has 1 atom stereocenters. The Labute approximate surface area is 200 Å². The number of amides is 1. The van der Waals surface area contributed by atoms with Gasteiger partial charge in [0.1, 0.15) is 4.90 Å². The molecule has 1 aliphatic heterocycles. The van der Waals surface area contributed by atoms with Crippen LogP contribution in [-0.4, -0.2) is 63.3 Å². The summed E-state index contributed by atoms with van der Waals surface area (Å²) in [4.78, 5) is 14.8. The third kappa shape index (κ3) is 6.02. The first-order chi connectivity index (χ1) is 15.2. The second-order valence-electron chi connectivity index (χ2n) is 8.28. The van der Waals surface area contributed by atoms with Crippen LogP contribution >= 0.6 is 23.2 Å². The van der Waals surface area contributed by atoms with Crippen molar-refractivity contribution in [3.63, 3.8) is 0 Å². The minimum absolute atomic E-state index is 0.0299. The molecule has 174 valence electrons. The molecule has 1 aliphatic rings. The highest BCUT2D eigenvalue weighted by molar-refractivity contribution is 7.89. The number of sulfonamides is 1. The number of carbonyl (C=O) groups is 1. The van der Waals surface area contributed by atoms with Crippen molar-refractivity contribution in [2.75, 3.05) is 33.7 Å². The SMILES string of the molecule is CN(C)C(CNC(=O)C1CCN(S(=O)(=O)c2c(Cl)cccc2Cl)CC1)Cc1ccccc1. The number of hydrogen-bond acceptors (Lipinski definition) is 4. The Hall–Kier alpha value is -1.64. The van der Waals surface area contributed by atoms with E-state index >= 15 is 0 Å². The largest absolute Gasteiger partial charge is 0.354 e. The Kier molecular flexibility index (Phi) is 8.58. The predicted octanol–water partition coefficient (Wildman–Crippen LogP) is 3.68. The van der Waals surface area contributed by atoms with Gasteiger partial charge in [0.15, 0.2) is 0 Å². The summed E-state index contributed by atoms with van der Waals surface area (Å²) in [6, 6.07) is 15.0. The molecule has 0 bridgehead atoms. The summed E-state index contributed by atoms with van der Waals surface area (Å²) in [5.41, 5.74) is 1.22. The molecule has 0 spiro atoms. The van der Waals surface area contributed by atoms with Crippen LogP contribution in [0.4, 0.5) is 0 Å². The molecule has 0 aliphatic carbocycles. The average molecular weight is 498 g/mol. The van der Waals surface area contributed by atoms with Crippen molar-refractivity contribution < 1.29 is 13.2 Å². The fourth-order valence-corrected chi connectivity index (χ4v) is 6.46. The molecule has 32 heavy (non-hydrogen) atoms. The molecule has 1 fully saturated rings. The molecule has 0 radical (unpaired) electrons. The van der Waals surface area contributed by atoms with Crippen LogP contribution in [0.15, 0.2) is 53.4 Å². The Morgan fingerprint density at radius 1 is 1.06 bits per heavy atom. The first-order valence-corrected chi connectivity index (χ1v) is 12.8. The zero-order valence-electron chi connectivity index (χ0n) is 18.3. The molecule has 1 N–H and O–H groups in total. The zero-order valence-corrected chi connectivity index (χ0v) is 20.6. The Balaban J connectivity index is 1.56. The highest BCUT2D eigenvalue weighted by Gasteiger charge is 2.34. The normalized spacial score (nSPS) is 16.8. The standard InChI is InChI=1S/C23H29Cl2N3O3S/c1-27(2)19(15-17-7-4-3-5-8-17)16-26-23(29)18-11-13-28(14-12-18)32(30,31)22-20(24)9-6-10-21(22)25/h3-10,18-19H,11-16H2,1-2H3,(H,26,29). The molecule has 3 rings (SSSR count). The number of piperidine rings is 1. The van der Waals surface area contributed by atoms with Crippen molar-refractivity contribution in [1.82, 2.24) is 14.5 Å². The van der Waals surface area contributed by atoms with Gasteiger partial charge in [-0.2, -0.15) is 4.31 Å². The molecule has 9 heteroatoms. The molecule has 1 amide bonds. The number of rotatable bonds is 8. The van der Waals surface area contributed by atoms with Gasteiger partial charge in [0.2, 0.25) is 15.9 Å². The lowest BCUT2D eigenvalue weighted by Crippen LogP contribution is -2.46. The van der Waals surface area contributed by atoms with E-state index in [1.807, 2.05) is 32.3 Å². The van der Waals surface area contributed by atoms with E-state index in [4.69, 9.17) is 23.2 Å². The lowest BCUT2D eigenvalue weighted by molar-refractivity contribution is -0.126. The minimum Gasteiger partial charge on any atom is -0.354 e. The van der Waals surface area contributed by atoms with E-state index < -0.39 is 10.0 Å². The van der Waals surface area contributed by atoms with Gasteiger partial charge in [0.05, 0.1) is 10.0 Å². The third-order valence-electron chi connectivity index (χ3n) is 5.90. The van der Waals surface area contributed by atoms with E-state index in [1.54, 1.807) is 6.07 Å². The molecule has 2 aromatic carbocycles. The van der Waals surface area contributed by atoms with Crippen LogP contribution in [-0.2, 0) is 21.2 Å². The highest BCUT2D eigenvalue weighted by Crippen LogP contribution is 2.33. The van der Waals surface area contributed by atoms with Crippen molar-refractivity contribution in [2.45, 2.75) is 30.2 Å². The highest BCUT2D eigenvalue weighted by atomic mass is 35.5. The fraction of sp³-hybridized carbons (Fsp3) is 0.435. The summed E-state index contributed by atoms with van der Waals surface area (Å²) >= 11 is 12.2. The van der Waals surface area contributed by atoms with Crippen molar-refractivity contribution in [3.05, 3.63) is 64.1 Å². The van der Waals surface area contributed by atoms with E-state index in [9.17, 15) is 13.2 Å². The lowest BCUT2D eigenvalue weighted by Gasteiger charge is -2.31. The molecule has 1 unspecified atom stereocenters. The van der Waals surface area contributed by atoms with Crippen molar-refractivity contribution in [2.24, 2.45) is 5.92 Å². The third-order valence-corrected chi connectivity index (χ3v) is 8.75. The smallest absolute Gasteiger partial charge is 0.246 e.